The molecule has 1 heterocycles. The van der Waals surface area contributed by atoms with E-state index >= 15 is 0 Å². The Kier molecular flexibility index (Phi) is 15.8. The zero-order valence-electron chi connectivity index (χ0n) is 21.3. The number of nitrogens with zero attached hydrogens (tertiary/aromatic N) is 1. The summed E-state index contributed by atoms with van der Waals surface area (Å²) in [6, 6.07) is 8.48. The molecule has 2 aromatic rings. The van der Waals surface area contributed by atoms with E-state index in [0.29, 0.717) is 18.6 Å². The summed E-state index contributed by atoms with van der Waals surface area (Å²) in [6.07, 6.45) is 0.0743. The quantitative estimate of drug-likeness (QED) is 0.240. The van der Waals surface area contributed by atoms with Gasteiger partial charge in [-0.1, -0.05) is 50.6 Å². The average molecular weight is 585 g/mol. The van der Waals surface area contributed by atoms with Gasteiger partial charge < -0.3 is 19.8 Å². The molecule has 2 rings (SSSR count). The van der Waals surface area contributed by atoms with Crippen LogP contribution in [0.4, 0.5) is 13.2 Å². The van der Waals surface area contributed by atoms with Gasteiger partial charge in [-0.15, -0.1) is 6.08 Å². The fraction of sp³-hybridized carbons (Fsp3) is 0.462. The average Bonchev–Trinajstić information content (AvgIpc) is 2.77. The minimum absolute atomic E-state index is 0. The second kappa shape index (κ2) is 16.7. The van der Waals surface area contributed by atoms with Crippen molar-refractivity contribution < 1.29 is 65.0 Å². The Bertz CT molecular complexity index is 1020. The normalized spacial score (nSPS) is 12.0. The number of aryl methyl sites for hydroxylation is 2. The first-order valence-corrected chi connectivity index (χ1v) is 11.3. The Balaban J connectivity index is 0.000000748. The Morgan fingerprint density at radius 3 is 2.31 bits per heavy atom. The number of rotatable bonds is 10. The predicted molar refractivity (Wildman–Crippen MR) is 129 cm³/mol. The second-order valence-corrected chi connectivity index (χ2v) is 8.47. The van der Waals surface area contributed by atoms with Crippen molar-refractivity contribution in [3.05, 3.63) is 81.0 Å². The molecule has 1 atom stereocenters. The molecule has 0 saturated carbocycles. The van der Waals surface area contributed by atoms with E-state index < -0.39 is 24.0 Å². The van der Waals surface area contributed by atoms with E-state index in [1.807, 2.05) is 32.1 Å². The molecular weight excluding hydrogens is 552 g/mol. The molecule has 1 aromatic carbocycles. The fourth-order valence-electron chi connectivity index (χ4n) is 2.97. The summed E-state index contributed by atoms with van der Waals surface area (Å²) >= 11 is 0. The molecule has 36 heavy (non-hydrogen) atoms. The molecule has 10 heteroatoms. The molecule has 0 fully saturated rings. The summed E-state index contributed by atoms with van der Waals surface area (Å²) in [5.41, 5.74) is 4.33. The van der Waals surface area contributed by atoms with Gasteiger partial charge in [0.1, 0.15) is 17.1 Å². The van der Waals surface area contributed by atoms with E-state index in [9.17, 15) is 27.9 Å². The number of allylic oxidation sites excluding steroid dienone is 1. The van der Waals surface area contributed by atoms with Crippen LogP contribution in [0.5, 0.6) is 5.75 Å². The van der Waals surface area contributed by atoms with Crippen LogP contribution in [0, 0.1) is 12.8 Å². The summed E-state index contributed by atoms with van der Waals surface area (Å²) in [7, 11) is 1.46. The van der Waals surface area contributed by atoms with Crippen molar-refractivity contribution in [3.63, 3.8) is 0 Å². The summed E-state index contributed by atoms with van der Waals surface area (Å²) in [5.74, 6) is -0.836. The number of hydrogen-bond acceptors (Lipinski definition) is 5. The number of carbonyl (C=O) groups excluding carboxylic acids is 1. The zero-order chi connectivity index (χ0) is 26.6. The minimum atomic E-state index is -4.05. The van der Waals surface area contributed by atoms with Gasteiger partial charge >= 0.3 is 11.8 Å². The third kappa shape index (κ3) is 12.8. The molecule has 1 unspecified atom stereocenters. The molecule has 0 bridgehead atoms. The minimum Gasteiger partial charge on any atom is -0.569 e. The van der Waals surface area contributed by atoms with Gasteiger partial charge in [0.05, 0.1) is 0 Å². The molecule has 1 N–H and O–H groups in total. The van der Waals surface area contributed by atoms with Gasteiger partial charge in [0.2, 0.25) is 0 Å². The Hall–Kier alpha value is -1.97. The Morgan fingerprint density at radius 1 is 1.19 bits per heavy atom. The van der Waals surface area contributed by atoms with Crippen LogP contribution in [0.3, 0.4) is 0 Å². The molecule has 0 aliphatic rings. The number of alkyl halides is 3. The first-order chi connectivity index (χ1) is 16.4. The van der Waals surface area contributed by atoms with Gasteiger partial charge in [0.15, 0.2) is 5.78 Å². The summed E-state index contributed by atoms with van der Waals surface area (Å²) in [6.45, 7) is 7.11. The monoisotopic (exact) mass is 585 g/mol. The number of hydrogen-bond donors (Lipinski definition) is 1. The Labute approximate surface area is 235 Å². The number of hydroxylamine groups is 1. The SMILES string of the molecule is CO[N-]/C=C/CCC(C)c1cc(O)c(C(=O)C(C)C)c(=O)o1.Cc1ccc(CCC(F)(F)F)cc1.[Y]. The topological polar surface area (TPSA) is 90.8 Å². The summed E-state index contributed by atoms with van der Waals surface area (Å²) < 4.78 is 40.7. The fourth-order valence-corrected chi connectivity index (χ4v) is 2.97. The van der Waals surface area contributed by atoms with Crippen molar-refractivity contribution in [1.82, 2.24) is 0 Å². The number of Topliss-reactive ketones (excluding diaryl/α,β-unsaturated/α-hetero) is 1. The van der Waals surface area contributed by atoms with E-state index in [4.69, 9.17) is 4.42 Å². The molecule has 1 radical (unpaired) electrons. The van der Waals surface area contributed by atoms with Crippen molar-refractivity contribution in [2.45, 2.75) is 65.5 Å². The van der Waals surface area contributed by atoms with E-state index in [1.54, 1.807) is 32.2 Å². The third-order valence-corrected chi connectivity index (χ3v) is 5.06. The molecule has 0 spiro atoms. The molecule has 0 aliphatic carbocycles. The zero-order valence-corrected chi connectivity index (χ0v) is 24.1. The van der Waals surface area contributed by atoms with Crippen LogP contribution in [-0.2, 0) is 44.0 Å². The van der Waals surface area contributed by atoms with Crippen LogP contribution in [0.1, 0.15) is 73.2 Å². The van der Waals surface area contributed by atoms with E-state index in [2.05, 4.69) is 10.3 Å². The standard InChI is InChI=1S/C16H22NO5.C10H11F3.Y/c1-10(2)15(19)14-12(18)9-13(22-16(14)20)11(3)7-5-6-8-17-21-4;1-8-2-4-9(5-3-8)6-7-10(11,12)13;/h6,8-11H,5,7H2,1-4H3,(H,18,19,20);2-5H,6-7H2,1H3;/q-1;;/b8-6+;;. The molecule has 0 amide bonds. The van der Waals surface area contributed by atoms with Crippen LogP contribution < -0.4 is 5.63 Å². The molecule has 0 saturated heterocycles. The van der Waals surface area contributed by atoms with Crippen molar-refractivity contribution in [2.24, 2.45) is 5.92 Å². The molecule has 0 aliphatic heterocycles. The maximum atomic E-state index is 11.9. The van der Waals surface area contributed by atoms with Crippen molar-refractivity contribution >= 4 is 5.78 Å². The van der Waals surface area contributed by atoms with Gasteiger partial charge in [-0.3, -0.25) is 4.79 Å². The van der Waals surface area contributed by atoms with E-state index in [-0.39, 0.29) is 62.3 Å². The number of aromatic hydroxyl groups is 1. The van der Waals surface area contributed by atoms with Crippen molar-refractivity contribution in [3.8, 4) is 5.75 Å². The molecule has 1 aromatic heterocycles. The number of carbonyl (C=O) groups is 1. The third-order valence-electron chi connectivity index (χ3n) is 5.06. The van der Waals surface area contributed by atoms with E-state index in [1.165, 1.54) is 13.2 Å². The first kappa shape index (κ1) is 34.0. The van der Waals surface area contributed by atoms with Gasteiger partial charge in [-0.2, -0.15) is 19.4 Å². The number of halogens is 3. The van der Waals surface area contributed by atoms with Gasteiger partial charge in [0, 0.05) is 64.1 Å². The van der Waals surface area contributed by atoms with Gasteiger partial charge in [-0.25, -0.2) is 4.79 Å². The summed E-state index contributed by atoms with van der Waals surface area (Å²) in [4.78, 5) is 28.4. The number of benzene rings is 1. The smallest absolute Gasteiger partial charge is 0.389 e. The van der Waals surface area contributed by atoms with Crippen LogP contribution in [0.15, 0.2) is 51.8 Å². The van der Waals surface area contributed by atoms with Gasteiger partial charge in [-0.05, 0) is 31.7 Å². The van der Waals surface area contributed by atoms with Gasteiger partial charge in [0.25, 0.3) is 0 Å². The first-order valence-electron chi connectivity index (χ1n) is 11.3. The largest absolute Gasteiger partial charge is 0.569 e. The maximum absolute atomic E-state index is 11.9. The van der Waals surface area contributed by atoms with Crippen molar-refractivity contribution in [2.75, 3.05) is 7.11 Å². The Morgan fingerprint density at radius 2 is 1.81 bits per heavy atom. The van der Waals surface area contributed by atoms with Crippen LogP contribution >= 0.6 is 0 Å². The van der Waals surface area contributed by atoms with Crippen molar-refractivity contribution in [1.29, 1.82) is 0 Å². The van der Waals surface area contributed by atoms with Crippen LogP contribution in [0.25, 0.3) is 5.48 Å². The molecule has 6 nitrogen and oxygen atoms in total. The van der Waals surface area contributed by atoms with E-state index in [0.717, 1.165) is 11.1 Å². The summed E-state index contributed by atoms with van der Waals surface area (Å²) in [5, 5.41) is 9.96. The maximum Gasteiger partial charge on any atom is 0.389 e. The van der Waals surface area contributed by atoms with Crippen LogP contribution in [-0.4, -0.2) is 24.2 Å². The second-order valence-electron chi connectivity index (χ2n) is 8.47. The molecular formula is C26H33F3NO5Y-. The number of ketones is 1. The van der Waals surface area contributed by atoms with Crippen LogP contribution in [0.2, 0.25) is 0 Å². The predicted octanol–water partition coefficient (Wildman–Crippen LogP) is 7.00. The molecule has 197 valence electrons.